The van der Waals surface area contributed by atoms with Crippen LogP contribution in [0, 0.1) is 10.1 Å². The van der Waals surface area contributed by atoms with E-state index in [-0.39, 0.29) is 5.56 Å². The van der Waals surface area contributed by atoms with E-state index >= 15 is 0 Å². The molecule has 0 amide bonds. The Kier molecular flexibility index (Phi) is 4.22. The van der Waals surface area contributed by atoms with Gasteiger partial charge in [0.25, 0.3) is 5.69 Å². The van der Waals surface area contributed by atoms with Crippen LogP contribution in [-0.4, -0.2) is 25.4 Å². The maximum absolute atomic E-state index is 11.6. The molecule has 104 valence electrons. The molecule has 0 unspecified atom stereocenters. The molecule has 0 atom stereocenters. The Morgan fingerprint density at radius 2 is 1.95 bits per heavy atom. The number of nitrogens with zero attached hydrogens (tertiary/aromatic N) is 1. The summed E-state index contributed by atoms with van der Waals surface area (Å²) < 4.78 is 27.3. The molecule has 0 aliphatic rings. The molecule has 1 aromatic carbocycles. The summed E-state index contributed by atoms with van der Waals surface area (Å²) in [6.45, 7) is 3.19. The summed E-state index contributed by atoms with van der Waals surface area (Å²) >= 11 is 0. The molecule has 0 aromatic heterocycles. The molecule has 0 saturated heterocycles. The van der Waals surface area contributed by atoms with E-state index in [0.717, 1.165) is 18.2 Å². The van der Waals surface area contributed by atoms with Crippen molar-refractivity contribution in [1.82, 2.24) is 0 Å². The highest BCUT2D eigenvalue weighted by molar-refractivity contribution is 7.89. The Morgan fingerprint density at radius 3 is 2.37 bits per heavy atom. The van der Waals surface area contributed by atoms with Crippen molar-refractivity contribution in [3.63, 3.8) is 0 Å². The molecule has 0 aliphatic carbocycles. The van der Waals surface area contributed by atoms with Crippen LogP contribution >= 0.6 is 0 Å². The van der Waals surface area contributed by atoms with Gasteiger partial charge in [0.15, 0.2) is 0 Å². The van der Waals surface area contributed by atoms with E-state index < -0.39 is 37.6 Å². The van der Waals surface area contributed by atoms with Gasteiger partial charge in [-0.25, -0.2) is 18.4 Å². The first-order valence-corrected chi connectivity index (χ1v) is 6.69. The maximum atomic E-state index is 11.6. The van der Waals surface area contributed by atoms with Crippen LogP contribution in [0.25, 0.3) is 0 Å². The SMILES string of the molecule is CC(C)OC(=O)c1cc([N+](=O)[O-])cc(S(N)(=O)=O)c1. The zero-order chi connectivity index (χ0) is 14.8. The summed E-state index contributed by atoms with van der Waals surface area (Å²) in [4.78, 5) is 21.0. The van der Waals surface area contributed by atoms with Crippen molar-refractivity contribution in [1.29, 1.82) is 0 Å². The van der Waals surface area contributed by atoms with Crippen LogP contribution in [0.5, 0.6) is 0 Å². The van der Waals surface area contributed by atoms with Gasteiger partial charge >= 0.3 is 5.97 Å². The molecule has 0 heterocycles. The Labute approximate surface area is 109 Å². The fourth-order valence-corrected chi connectivity index (χ4v) is 1.83. The summed E-state index contributed by atoms with van der Waals surface area (Å²) in [5.41, 5.74) is -0.797. The number of ether oxygens (including phenoxy) is 1. The number of sulfonamides is 1. The molecule has 1 aromatic rings. The summed E-state index contributed by atoms with van der Waals surface area (Å²) in [7, 11) is -4.16. The number of carbonyl (C=O) groups is 1. The van der Waals surface area contributed by atoms with E-state index in [4.69, 9.17) is 9.88 Å². The van der Waals surface area contributed by atoms with Gasteiger partial charge in [0.05, 0.1) is 21.5 Å². The highest BCUT2D eigenvalue weighted by Crippen LogP contribution is 2.21. The molecule has 1 rings (SSSR count). The summed E-state index contributed by atoms with van der Waals surface area (Å²) in [5.74, 6) is -0.858. The number of carbonyl (C=O) groups excluding carboxylic acids is 1. The number of rotatable bonds is 4. The second-order valence-corrected chi connectivity index (χ2v) is 5.53. The lowest BCUT2D eigenvalue weighted by Gasteiger charge is -2.08. The average Bonchev–Trinajstić information content (AvgIpc) is 2.26. The molecule has 9 heteroatoms. The molecule has 2 N–H and O–H groups in total. The van der Waals surface area contributed by atoms with Crippen LogP contribution in [0.1, 0.15) is 24.2 Å². The van der Waals surface area contributed by atoms with E-state index in [9.17, 15) is 23.3 Å². The lowest BCUT2D eigenvalue weighted by Crippen LogP contribution is -2.16. The number of primary sulfonamides is 1. The molecule has 0 bridgehead atoms. The van der Waals surface area contributed by atoms with E-state index in [1.54, 1.807) is 13.8 Å². The highest BCUT2D eigenvalue weighted by Gasteiger charge is 2.20. The Hall–Kier alpha value is -2.00. The zero-order valence-electron chi connectivity index (χ0n) is 10.2. The number of nitrogens with two attached hydrogens (primary N) is 1. The number of nitro groups is 1. The van der Waals surface area contributed by atoms with E-state index in [2.05, 4.69) is 0 Å². The van der Waals surface area contributed by atoms with Gasteiger partial charge < -0.3 is 4.74 Å². The van der Waals surface area contributed by atoms with Gasteiger partial charge in [0.2, 0.25) is 10.0 Å². The minimum atomic E-state index is -4.16. The van der Waals surface area contributed by atoms with Crippen LogP contribution in [0.3, 0.4) is 0 Å². The van der Waals surface area contributed by atoms with Crippen molar-refractivity contribution < 1.29 is 22.9 Å². The average molecular weight is 288 g/mol. The first kappa shape index (κ1) is 15.1. The molecule has 19 heavy (non-hydrogen) atoms. The van der Waals surface area contributed by atoms with Crippen molar-refractivity contribution in [2.45, 2.75) is 24.8 Å². The van der Waals surface area contributed by atoms with E-state index in [1.807, 2.05) is 0 Å². The largest absolute Gasteiger partial charge is 0.459 e. The van der Waals surface area contributed by atoms with Crippen LogP contribution in [0.2, 0.25) is 0 Å². The summed E-state index contributed by atoms with van der Waals surface area (Å²) in [5, 5.41) is 15.6. The molecular weight excluding hydrogens is 276 g/mol. The van der Waals surface area contributed by atoms with Crippen LogP contribution in [0.4, 0.5) is 5.69 Å². The first-order chi connectivity index (χ1) is 8.61. The Morgan fingerprint density at radius 1 is 1.37 bits per heavy atom. The number of non-ortho nitro benzene ring substituents is 1. The van der Waals surface area contributed by atoms with Crippen LogP contribution < -0.4 is 5.14 Å². The van der Waals surface area contributed by atoms with Gasteiger partial charge in [-0.3, -0.25) is 10.1 Å². The third kappa shape index (κ3) is 4.00. The quantitative estimate of drug-likeness (QED) is 0.495. The first-order valence-electron chi connectivity index (χ1n) is 5.14. The Bertz CT molecular complexity index is 623. The summed E-state index contributed by atoms with van der Waals surface area (Å²) in [6.07, 6.45) is -0.440. The standard InChI is InChI=1S/C10H12N2O6S/c1-6(2)18-10(13)7-3-8(12(14)15)5-9(4-7)19(11,16)17/h3-6H,1-2H3,(H2,11,16,17). The van der Waals surface area contributed by atoms with Crippen molar-refractivity contribution in [2.75, 3.05) is 0 Å². The topological polar surface area (TPSA) is 130 Å². The predicted octanol–water partition coefficient (Wildman–Crippen LogP) is 0.807. The molecule has 0 spiro atoms. The van der Waals surface area contributed by atoms with Crippen LogP contribution in [0.15, 0.2) is 23.1 Å². The molecule has 8 nitrogen and oxygen atoms in total. The number of esters is 1. The smallest absolute Gasteiger partial charge is 0.338 e. The molecule has 0 fully saturated rings. The van der Waals surface area contributed by atoms with Gasteiger partial charge in [-0.05, 0) is 19.9 Å². The lowest BCUT2D eigenvalue weighted by atomic mass is 10.2. The predicted molar refractivity (Wildman–Crippen MR) is 65.0 cm³/mol. The number of nitro benzene ring substituents is 1. The second-order valence-electron chi connectivity index (χ2n) is 3.97. The molecule has 0 radical (unpaired) electrons. The lowest BCUT2D eigenvalue weighted by molar-refractivity contribution is -0.385. The van der Waals surface area contributed by atoms with Gasteiger partial charge in [0.1, 0.15) is 0 Å². The Balaban J connectivity index is 3.37. The molecular formula is C10H12N2O6S. The van der Waals surface area contributed by atoms with E-state index in [1.165, 1.54) is 0 Å². The molecule has 0 aliphatic heterocycles. The minimum Gasteiger partial charge on any atom is -0.459 e. The van der Waals surface area contributed by atoms with Gasteiger partial charge in [-0.15, -0.1) is 0 Å². The van der Waals surface area contributed by atoms with E-state index in [0.29, 0.717) is 0 Å². The number of hydrogen-bond donors (Lipinski definition) is 1. The monoisotopic (exact) mass is 288 g/mol. The van der Waals surface area contributed by atoms with Crippen molar-refractivity contribution >= 4 is 21.7 Å². The zero-order valence-corrected chi connectivity index (χ0v) is 11.0. The van der Waals surface area contributed by atoms with Gasteiger partial charge in [-0.1, -0.05) is 0 Å². The highest BCUT2D eigenvalue weighted by atomic mass is 32.2. The fraction of sp³-hybridized carbons (Fsp3) is 0.300. The number of hydrogen-bond acceptors (Lipinski definition) is 6. The van der Waals surface area contributed by atoms with Gasteiger partial charge in [-0.2, -0.15) is 0 Å². The number of benzene rings is 1. The normalized spacial score (nSPS) is 11.4. The van der Waals surface area contributed by atoms with Crippen molar-refractivity contribution in [3.05, 3.63) is 33.9 Å². The maximum Gasteiger partial charge on any atom is 0.338 e. The fourth-order valence-electron chi connectivity index (χ4n) is 1.25. The third-order valence-corrected chi connectivity index (χ3v) is 2.90. The second kappa shape index (κ2) is 5.33. The van der Waals surface area contributed by atoms with Crippen molar-refractivity contribution in [2.24, 2.45) is 5.14 Å². The molecule has 0 saturated carbocycles. The summed E-state index contributed by atoms with van der Waals surface area (Å²) in [6, 6.07) is 2.65. The van der Waals surface area contributed by atoms with Crippen LogP contribution in [-0.2, 0) is 14.8 Å². The third-order valence-electron chi connectivity index (χ3n) is 2.01. The van der Waals surface area contributed by atoms with Gasteiger partial charge in [0, 0.05) is 12.1 Å². The minimum absolute atomic E-state index is 0.244. The van der Waals surface area contributed by atoms with Crippen molar-refractivity contribution in [3.8, 4) is 0 Å².